The van der Waals surface area contributed by atoms with Crippen LogP contribution in [0.3, 0.4) is 0 Å². The molecule has 0 aromatic heterocycles. The van der Waals surface area contributed by atoms with Crippen molar-refractivity contribution in [1.29, 1.82) is 0 Å². The van der Waals surface area contributed by atoms with Gasteiger partial charge in [-0.2, -0.15) is 0 Å². The van der Waals surface area contributed by atoms with E-state index in [1.165, 1.54) is 30.7 Å². The fraction of sp³-hybridized carbons (Fsp3) is 0.400. The molecule has 1 fully saturated rings. The van der Waals surface area contributed by atoms with Crippen LogP contribution in [0.25, 0.3) is 0 Å². The van der Waals surface area contributed by atoms with Gasteiger partial charge in [-0.05, 0) is 24.8 Å². The van der Waals surface area contributed by atoms with Crippen molar-refractivity contribution in [1.82, 2.24) is 4.90 Å². The van der Waals surface area contributed by atoms with Gasteiger partial charge in [-0.25, -0.2) is 4.99 Å². The second kappa shape index (κ2) is 4.74. The molecule has 0 N–H and O–H groups in total. The van der Waals surface area contributed by atoms with E-state index in [-0.39, 0.29) is 0 Å². The monoisotopic (exact) mass is 226 g/mol. The minimum atomic E-state index is 0.664. The van der Waals surface area contributed by atoms with Gasteiger partial charge in [-0.15, -0.1) is 0 Å². The maximum Gasteiger partial charge on any atom is 0.108 e. The lowest BCUT2D eigenvalue weighted by Gasteiger charge is -2.36. The molecule has 2 heteroatoms. The molecule has 0 bridgehead atoms. The highest BCUT2D eigenvalue weighted by Gasteiger charge is 2.26. The van der Waals surface area contributed by atoms with Crippen LogP contribution in [0.1, 0.15) is 24.8 Å². The summed E-state index contributed by atoms with van der Waals surface area (Å²) < 4.78 is 0. The quantitative estimate of drug-likeness (QED) is 0.756. The molecule has 0 radical (unpaired) electrons. The molecule has 1 aromatic rings. The zero-order valence-electron chi connectivity index (χ0n) is 10.0. The Morgan fingerprint density at radius 1 is 1.24 bits per heavy atom. The van der Waals surface area contributed by atoms with Crippen molar-refractivity contribution in [2.24, 2.45) is 10.9 Å². The Bertz CT molecular complexity index is 433. The zero-order chi connectivity index (χ0) is 11.5. The molecule has 88 valence electrons. The molecule has 1 atom stereocenters. The summed E-state index contributed by atoms with van der Waals surface area (Å²) in [7, 11) is 0. The van der Waals surface area contributed by atoms with E-state index >= 15 is 0 Å². The van der Waals surface area contributed by atoms with Crippen molar-refractivity contribution < 1.29 is 0 Å². The first kappa shape index (κ1) is 10.6. The van der Waals surface area contributed by atoms with Crippen LogP contribution in [0.4, 0.5) is 0 Å². The summed E-state index contributed by atoms with van der Waals surface area (Å²) in [4.78, 5) is 7.04. The van der Waals surface area contributed by atoms with Gasteiger partial charge < -0.3 is 4.90 Å². The summed E-state index contributed by atoms with van der Waals surface area (Å²) in [5.74, 6) is 1.97. The largest absolute Gasteiger partial charge is 0.355 e. The third-order valence-corrected chi connectivity index (χ3v) is 3.62. The fourth-order valence-electron chi connectivity index (χ4n) is 2.76. The molecule has 0 aliphatic carbocycles. The number of aliphatic imine (C=N–C) groups is 1. The molecule has 2 aliphatic heterocycles. The Morgan fingerprint density at radius 3 is 3.00 bits per heavy atom. The standard InChI is InChI=1S/C15H18N2/c1-2-6-13(7-3-1)12-17-11-5-9-14-8-4-10-16-15(14)17/h1-4,6-7,10,14H,5,8-9,11-12H2. The number of amidine groups is 1. The lowest BCUT2D eigenvalue weighted by molar-refractivity contribution is 0.322. The third-order valence-electron chi connectivity index (χ3n) is 3.62. The van der Waals surface area contributed by atoms with Crippen molar-refractivity contribution in [3.63, 3.8) is 0 Å². The van der Waals surface area contributed by atoms with E-state index in [4.69, 9.17) is 0 Å². The van der Waals surface area contributed by atoms with Crippen molar-refractivity contribution in [3.05, 3.63) is 48.2 Å². The summed E-state index contributed by atoms with van der Waals surface area (Å²) in [6.45, 7) is 2.15. The first-order chi connectivity index (χ1) is 8.43. The maximum atomic E-state index is 4.59. The Balaban J connectivity index is 1.78. The number of hydrogen-bond acceptors (Lipinski definition) is 2. The normalized spacial score (nSPS) is 23.2. The minimum absolute atomic E-state index is 0.664. The van der Waals surface area contributed by atoms with E-state index in [9.17, 15) is 0 Å². The Labute approximate surface area is 103 Å². The predicted molar refractivity (Wildman–Crippen MR) is 70.8 cm³/mol. The molecule has 1 saturated heterocycles. The molecule has 1 aromatic carbocycles. The van der Waals surface area contributed by atoms with E-state index < -0.39 is 0 Å². The molecule has 17 heavy (non-hydrogen) atoms. The SMILES string of the molecule is C1=CN=C2C(C1)CCCN2Cc1ccccc1. The first-order valence-electron chi connectivity index (χ1n) is 6.45. The lowest BCUT2D eigenvalue weighted by atomic mass is 9.91. The van der Waals surface area contributed by atoms with Gasteiger partial charge in [-0.3, -0.25) is 0 Å². The number of benzene rings is 1. The van der Waals surface area contributed by atoms with Gasteiger partial charge in [0.2, 0.25) is 0 Å². The predicted octanol–water partition coefficient (Wildman–Crippen LogP) is 3.21. The second-order valence-electron chi connectivity index (χ2n) is 4.85. The molecule has 2 heterocycles. The average Bonchev–Trinajstić information content (AvgIpc) is 2.40. The molecular formula is C15H18N2. The highest BCUT2D eigenvalue weighted by atomic mass is 15.2. The number of nitrogens with zero attached hydrogens (tertiary/aromatic N) is 2. The number of allylic oxidation sites excluding steroid dienone is 1. The Kier molecular flexibility index (Phi) is 2.95. The van der Waals surface area contributed by atoms with Crippen LogP contribution in [-0.2, 0) is 6.54 Å². The van der Waals surface area contributed by atoms with Gasteiger partial charge in [0, 0.05) is 25.2 Å². The van der Waals surface area contributed by atoms with E-state index in [0.717, 1.165) is 13.1 Å². The minimum Gasteiger partial charge on any atom is -0.355 e. The van der Waals surface area contributed by atoms with Gasteiger partial charge in [0.05, 0.1) is 0 Å². The molecule has 0 saturated carbocycles. The maximum absolute atomic E-state index is 4.59. The van der Waals surface area contributed by atoms with Crippen LogP contribution in [0.2, 0.25) is 0 Å². The van der Waals surface area contributed by atoms with E-state index in [2.05, 4.69) is 46.3 Å². The summed E-state index contributed by atoms with van der Waals surface area (Å²) in [6.07, 6.45) is 7.93. The molecular weight excluding hydrogens is 208 g/mol. The number of likely N-dealkylation sites (tertiary alicyclic amines) is 1. The van der Waals surface area contributed by atoms with Crippen LogP contribution in [0.5, 0.6) is 0 Å². The van der Waals surface area contributed by atoms with Crippen LogP contribution in [0.15, 0.2) is 47.6 Å². The molecule has 1 unspecified atom stereocenters. The number of fused-ring (bicyclic) bond motifs is 1. The number of rotatable bonds is 2. The lowest BCUT2D eigenvalue weighted by Crippen LogP contribution is -2.41. The first-order valence-corrected chi connectivity index (χ1v) is 6.45. The van der Waals surface area contributed by atoms with Crippen molar-refractivity contribution >= 4 is 5.84 Å². The summed E-state index contributed by atoms with van der Waals surface area (Å²) in [5, 5.41) is 0. The van der Waals surface area contributed by atoms with Crippen molar-refractivity contribution in [2.75, 3.05) is 6.54 Å². The van der Waals surface area contributed by atoms with E-state index in [1.807, 2.05) is 6.20 Å². The van der Waals surface area contributed by atoms with Crippen LogP contribution < -0.4 is 0 Å². The number of piperidine rings is 1. The van der Waals surface area contributed by atoms with Gasteiger partial charge in [0.1, 0.15) is 5.84 Å². The van der Waals surface area contributed by atoms with E-state index in [0.29, 0.717) is 5.92 Å². The fourth-order valence-corrected chi connectivity index (χ4v) is 2.76. The summed E-state index contributed by atoms with van der Waals surface area (Å²) in [6, 6.07) is 10.7. The highest BCUT2D eigenvalue weighted by molar-refractivity contribution is 5.86. The Hall–Kier alpha value is -1.57. The average molecular weight is 226 g/mol. The zero-order valence-corrected chi connectivity index (χ0v) is 10.0. The second-order valence-corrected chi connectivity index (χ2v) is 4.85. The molecule has 2 nitrogen and oxygen atoms in total. The van der Waals surface area contributed by atoms with Gasteiger partial charge in [0.25, 0.3) is 0 Å². The molecule has 2 aliphatic rings. The number of hydrogen-bond donors (Lipinski definition) is 0. The Morgan fingerprint density at radius 2 is 2.12 bits per heavy atom. The van der Waals surface area contributed by atoms with Gasteiger partial charge in [0.15, 0.2) is 0 Å². The molecule has 3 rings (SSSR count). The van der Waals surface area contributed by atoms with Gasteiger partial charge in [-0.1, -0.05) is 36.4 Å². The van der Waals surface area contributed by atoms with Crippen LogP contribution in [-0.4, -0.2) is 17.3 Å². The van der Waals surface area contributed by atoms with Crippen LogP contribution in [0, 0.1) is 5.92 Å². The third kappa shape index (κ3) is 2.26. The summed E-state index contributed by atoms with van der Waals surface area (Å²) >= 11 is 0. The van der Waals surface area contributed by atoms with Crippen LogP contribution >= 0.6 is 0 Å². The smallest absolute Gasteiger partial charge is 0.108 e. The topological polar surface area (TPSA) is 15.6 Å². The van der Waals surface area contributed by atoms with E-state index in [1.54, 1.807) is 0 Å². The molecule has 0 spiro atoms. The highest BCUT2D eigenvalue weighted by Crippen LogP contribution is 2.26. The van der Waals surface area contributed by atoms with Crippen molar-refractivity contribution in [2.45, 2.75) is 25.8 Å². The van der Waals surface area contributed by atoms with Crippen molar-refractivity contribution in [3.8, 4) is 0 Å². The molecule has 0 amide bonds. The van der Waals surface area contributed by atoms with Gasteiger partial charge >= 0.3 is 0 Å². The summed E-state index contributed by atoms with van der Waals surface area (Å²) in [5.41, 5.74) is 1.38.